The molecule has 1 aliphatic rings. The number of methoxy groups -OCH3 is 1. The lowest BCUT2D eigenvalue weighted by Gasteiger charge is -2.23. The van der Waals surface area contributed by atoms with Crippen molar-refractivity contribution in [3.8, 4) is 5.75 Å². The van der Waals surface area contributed by atoms with Crippen molar-refractivity contribution in [3.63, 3.8) is 0 Å². The number of amides is 4. The summed E-state index contributed by atoms with van der Waals surface area (Å²) >= 11 is 7.05. The van der Waals surface area contributed by atoms with Crippen LogP contribution in [0.2, 0.25) is 5.02 Å². The van der Waals surface area contributed by atoms with Crippen LogP contribution in [0.3, 0.4) is 0 Å². The predicted molar refractivity (Wildman–Crippen MR) is 140 cm³/mol. The second kappa shape index (κ2) is 11.6. The fourth-order valence-electron chi connectivity index (χ4n) is 3.82. The highest BCUT2D eigenvalue weighted by Crippen LogP contribution is 2.31. The first-order chi connectivity index (χ1) is 18.2. The lowest BCUT2D eigenvalue weighted by atomic mass is 10.2. The monoisotopic (exact) mass is 563 g/mol. The van der Waals surface area contributed by atoms with Crippen molar-refractivity contribution in [2.24, 2.45) is 5.73 Å². The molecule has 1 aromatic heterocycles. The predicted octanol–water partition coefficient (Wildman–Crippen LogP) is 3.14. The van der Waals surface area contributed by atoms with Crippen LogP contribution in [-0.2, 0) is 20.9 Å². The van der Waals surface area contributed by atoms with Gasteiger partial charge in [-0.15, -0.1) is 11.8 Å². The number of rotatable bonds is 7. The molecule has 0 bridgehead atoms. The van der Waals surface area contributed by atoms with E-state index >= 15 is 0 Å². The number of carbonyl (C=O) groups is 4. The van der Waals surface area contributed by atoms with Gasteiger partial charge in [0.25, 0.3) is 5.91 Å². The Balaban J connectivity index is 1.50. The van der Waals surface area contributed by atoms with Crippen LogP contribution < -0.4 is 21.1 Å². The summed E-state index contributed by atoms with van der Waals surface area (Å²) in [6.07, 6.45) is 1.36. The number of thioether (sulfide) groups is 1. The number of carbonyl (C=O) groups excluding carboxylic acids is 4. The van der Waals surface area contributed by atoms with Gasteiger partial charge in [0.1, 0.15) is 11.6 Å². The Morgan fingerprint density at radius 1 is 1.24 bits per heavy atom. The number of ether oxygens (including phenoxy) is 2. The van der Waals surface area contributed by atoms with Gasteiger partial charge >= 0.3 is 18.0 Å². The summed E-state index contributed by atoms with van der Waals surface area (Å²) in [5, 5.41) is 4.87. The molecular formula is C24H23ClFN5O6S. The SMILES string of the molecule is COC(=O)COc1ccc2c(c1)c(NC(=O)N1CCS[C@H]1C(=O)NCc1cccc(Cl)c1F)cn2C(N)=O. The fraction of sp³-hybridized carbons (Fsp3) is 0.250. The first-order valence-corrected chi connectivity index (χ1v) is 12.7. The molecule has 1 fully saturated rings. The third-order valence-electron chi connectivity index (χ3n) is 5.70. The average Bonchev–Trinajstić information content (AvgIpc) is 3.53. The van der Waals surface area contributed by atoms with Crippen LogP contribution in [-0.4, -0.2) is 64.8 Å². The molecule has 38 heavy (non-hydrogen) atoms. The van der Waals surface area contributed by atoms with Gasteiger partial charge in [0.05, 0.1) is 23.3 Å². The van der Waals surface area contributed by atoms with Crippen molar-refractivity contribution in [1.29, 1.82) is 0 Å². The van der Waals surface area contributed by atoms with Crippen molar-refractivity contribution < 1.29 is 33.0 Å². The molecule has 4 rings (SSSR count). The largest absolute Gasteiger partial charge is 0.482 e. The maximum Gasteiger partial charge on any atom is 0.343 e. The Hall–Kier alpha value is -3.97. The molecule has 1 saturated heterocycles. The Morgan fingerprint density at radius 3 is 2.76 bits per heavy atom. The van der Waals surface area contributed by atoms with Crippen LogP contribution >= 0.6 is 23.4 Å². The molecule has 14 heteroatoms. The van der Waals surface area contributed by atoms with E-state index in [4.69, 9.17) is 22.1 Å². The Kier molecular flexibility index (Phi) is 8.27. The number of primary amides is 1. The molecule has 4 N–H and O–H groups in total. The molecule has 4 amide bonds. The number of nitrogens with one attached hydrogen (secondary N) is 2. The number of fused-ring (bicyclic) bond motifs is 1. The molecule has 1 aliphatic heterocycles. The summed E-state index contributed by atoms with van der Waals surface area (Å²) in [5.41, 5.74) is 6.33. The Labute approximate surface area is 225 Å². The number of urea groups is 1. The van der Waals surface area contributed by atoms with Gasteiger partial charge in [-0.05, 0) is 24.3 Å². The summed E-state index contributed by atoms with van der Waals surface area (Å²) in [4.78, 5) is 50.8. The molecule has 0 saturated carbocycles. The number of anilines is 1. The number of hydrogen-bond donors (Lipinski definition) is 3. The van der Waals surface area contributed by atoms with Gasteiger partial charge in [0, 0.05) is 36.0 Å². The number of aromatic nitrogens is 1. The molecule has 3 aromatic rings. The second-order valence-corrected chi connectivity index (χ2v) is 9.67. The average molecular weight is 564 g/mol. The van der Waals surface area contributed by atoms with Gasteiger partial charge in [0.15, 0.2) is 12.0 Å². The molecule has 2 aromatic carbocycles. The van der Waals surface area contributed by atoms with Crippen LogP contribution in [0.15, 0.2) is 42.6 Å². The zero-order valence-electron chi connectivity index (χ0n) is 20.0. The standard InChI is InChI=1S/C24H23ClFN5O6S/c1-36-19(32)12-37-14-5-6-18-15(9-14)17(11-31(18)23(27)34)29-24(35)30-7-8-38-22(30)21(33)28-10-13-3-2-4-16(25)20(13)26/h2-6,9,11,22H,7-8,10,12H2,1H3,(H2,27,34)(H,28,33)(H,29,35)/t22-/m0/s1. The summed E-state index contributed by atoms with van der Waals surface area (Å²) in [6.45, 7) is -0.151. The number of nitrogens with zero attached hydrogens (tertiary/aromatic N) is 2. The van der Waals surface area contributed by atoms with E-state index in [1.54, 1.807) is 12.1 Å². The summed E-state index contributed by atoms with van der Waals surface area (Å²) in [6, 6.07) is 7.75. The molecule has 0 unspecified atom stereocenters. The van der Waals surface area contributed by atoms with Crippen LogP contribution in [0, 0.1) is 5.82 Å². The molecule has 0 spiro atoms. The topological polar surface area (TPSA) is 145 Å². The fourth-order valence-corrected chi connectivity index (χ4v) is 5.15. The molecule has 2 heterocycles. The number of esters is 1. The summed E-state index contributed by atoms with van der Waals surface area (Å²) in [7, 11) is 1.23. The number of nitrogens with two attached hydrogens (primary N) is 1. The van der Waals surface area contributed by atoms with Gasteiger partial charge in [-0.2, -0.15) is 0 Å². The van der Waals surface area contributed by atoms with E-state index in [9.17, 15) is 23.6 Å². The lowest BCUT2D eigenvalue weighted by molar-refractivity contribution is -0.142. The zero-order chi connectivity index (χ0) is 27.4. The van der Waals surface area contributed by atoms with Crippen LogP contribution in [0.1, 0.15) is 5.56 Å². The maximum absolute atomic E-state index is 14.2. The highest BCUT2D eigenvalue weighted by molar-refractivity contribution is 8.00. The molecule has 0 radical (unpaired) electrons. The minimum atomic E-state index is -0.860. The van der Waals surface area contributed by atoms with E-state index in [0.29, 0.717) is 22.4 Å². The van der Waals surface area contributed by atoms with E-state index in [0.717, 1.165) is 4.57 Å². The lowest BCUT2D eigenvalue weighted by Crippen LogP contribution is -2.46. The second-order valence-electron chi connectivity index (χ2n) is 8.07. The number of hydrogen-bond acceptors (Lipinski definition) is 7. The van der Waals surface area contributed by atoms with Crippen molar-refractivity contribution in [2.75, 3.05) is 31.3 Å². The molecule has 0 aliphatic carbocycles. The molecular weight excluding hydrogens is 541 g/mol. The van der Waals surface area contributed by atoms with Crippen molar-refractivity contribution >= 4 is 63.9 Å². The first kappa shape index (κ1) is 27.1. The van der Waals surface area contributed by atoms with Crippen LogP contribution in [0.4, 0.5) is 19.7 Å². The number of halogens is 2. The third kappa shape index (κ3) is 5.78. The van der Waals surface area contributed by atoms with Crippen molar-refractivity contribution in [2.45, 2.75) is 11.9 Å². The van der Waals surface area contributed by atoms with E-state index in [2.05, 4.69) is 15.4 Å². The quantitative estimate of drug-likeness (QED) is 0.374. The highest BCUT2D eigenvalue weighted by Gasteiger charge is 2.35. The highest BCUT2D eigenvalue weighted by atomic mass is 35.5. The first-order valence-electron chi connectivity index (χ1n) is 11.2. The van der Waals surface area contributed by atoms with E-state index < -0.39 is 35.1 Å². The van der Waals surface area contributed by atoms with E-state index in [1.165, 1.54) is 54.2 Å². The number of benzene rings is 2. The van der Waals surface area contributed by atoms with Gasteiger partial charge < -0.3 is 30.7 Å². The van der Waals surface area contributed by atoms with Crippen molar-refractivity contribution in [3.05, 3.63) is 59.0 Å². The van der Waals surface area contributed by atoms with Crippen LogP contribution in [0.5, 0.6) is 5.75 Å². The summed E-state index contributed by atoms with van der Waals surface area (Å²) < 4.78 is 25.3. The smallest absolute Gasteiger partial charge is 0.343 e. The zero-order valence-corrected chi connectivity index (χ0v) is 21.6. The van der Waals surface area contributed by atoms with Gasteiger partial charge in [0.2, 0.25) is 0 Å². The molecule has 11 nitrogen and oxygen atoms in total. The Bertz CT molecular complexity index is 1420. The minimum Gasteiger partial charge on any atom is -0.482 e. The molecule has 1 atom stereocenters. The minimum absolute atomic E-state index is 0.0537. The maximum atomic E-state index is 14.2. The van der Waals surface area contributed by atoms with Gasteiger partial charge in [-0.1, -0.05) is 23.7 Å². The molecule has 200 valence electrons. The van der Waals surface area contributed by atoms with Crippen molar-refractivity contribution in [1.82, 2.24) is 14.8 Å². The van der Waals surface area contributed by atoms with Gasteiger partial charge in [-0.25, -0.2) is 18.8 Å². The van der Waals surface area contributed by atoms with E-state index in [1.807, 2.05) is 0 Å². The third-order valence-corrected chi connectivity index (χ3v) is 7.19. The van der Waals surface area contributed by atoms with Gasteiger partial charge in [-0.3, -0.25) is 9.36 Å². The normalized spacial score (nSPS) is 14.8. The summed E-state index contributed by atoms with van der Waals surface area (Å²) in [5.74, 6) is -0.875. The van der Waals surface area contributed by atoms with Crippen LogP contribution in [0.25, 0.3) is 10.9 Å². The Morgan fingerprint density at radius 2 is 2.03 bits per heavy atom. The van der Waals surface area contributed by atoms with E-state index in [-0.39, 0.29) is 36.0 Å².